The van der Waals surface area contributed by atoms with E-state index in [0.29, 0.717) is 0 Å². The molecule has 6 heteroatoms. The summed E-state index contributed by atoms with van der Waals surface area (Å²) in [6.45, 7) is 8.89. The van der Waals surface area contributed by atoms with Gasteiger partial charge in [-0.15, -0.1) is 0 Å². The normalized spacial score (nSPS) is 20.8. The second-order valence-electron chi connectivity index (χ2n) is 8.68. The number of nitrogens with zero attached hydrogens (tertiary/aromatic N) is 3. The molecule has 0 unspecified atom stereocenters. The zero-order chi connectivity index (χ0) is 19.9. The van der Waals surface area contributed by atoms with E-state index in [-0.39, 0.29) is 0 Å². The smallest absolute Gasteiger partial charge is 0.191 e. The molecule has 0 aromatic heterocycles. The summed E-state index contributed by atoms with van der Waals surface area (Å²) in [5, 5.41) is 7.03. The number of hydrogen-bond donors (Lipinski definition) is 2. The van der Waals surface area contributed by atoms with Gasteiger partial charge in [-0.25, -0.2) is 0 Å². The first-order valence-corrected chi connectivity index (χ1v) is 11.4. The topological polar surface area (TPSA) is 52.1 Å². The Hall–Kier alpha value is -1.63. The average Bonchev–Trinajstić information content (AvgIpc) is 3.65. The summed E-state index contributed by atoms with van der Waals surface area (Å²) in [4.78, 5) is 9.59. The minimum atomic E-state index is 0.800. The van der Waals surface area contributed by atoms with E-state index in [9.17, 15) is 0 Å². The molecule has 2 saturated carbocycles. The maximum atomic E-state index is 5.48. The highest BCUT2D eigenvalue weighted by molar-refractivity contribution is 5.79. The number of morpholine rings is 1. The van der Waals surface area contributed by atoms with Crippen molar-refractivity contribution in [1.82, 2.24) is 20.4 Å². The molecule has 6 nitrogen and oxygen atoms in total. The Balaban J connectivity index is 1.22. The van der Waals surface area contributed by atoms with Crippen molar-refractivity contribution < 1.29 is 4.74 Å². The van der Waals surface area contributed by atoms with Gasteiger partial charge in [0.1, 0.15) is 0 Å². The Labute approximate surface area is 175 Å². The molecule has 1 aliphatic heterocycles. The van der Waals surface area contributed by atoms with Crippen LogP contribution >= 0.6 is 0 Å². The van der Waals surface area contributed by atoms with Crippen molar-refractivity contribution in [3.05, 3.63) is 35.4 Å². The Morgan fingerprint density at radius 1 is 1.10 bits per heavy atom. The molecule has 160 valence electrons. The molecule has 2 N–H and O–H groups in total. The van der Waals surface area contributed by atoms with Gasteiger partial charge in [0.2, 0.25) is 0 Å². The monoisotopic (exact) mass is 399 g/mol. The average molecular weight is 400 g/mol. The highest BCUT2D eigenvalue weighted by Crippen LogP contribution is 2.34. The van der Waals surface area contributed by atoms with Crippen molar-refractivity contribution in [2.24, 2.45) is 10.9 Å². The van der Waals surface area contributed by atoms with Gasteiger partial charge in [-0.05, 0) is 42.7 Å². The Morgan fingerprint density at radius 3 is 2.55 bits per heavy atom. The lowest BCUT2D eigenvalue weighted by Gasteiger charge is -2.27. The lowest BCUT2D eigenvalue weighted by molar-refractivity contribution is 0.0341. The molecular formula is C23H37N5O. The first-order valence-electron chi connectivity index (χ1n) is 11.4. The third-order valence-electron chi connectivity index (χ3n) is 6.23. The lowest BCUT2D eigenvalue weighted by atomic mass is 10.1. The number of benzene rings is 1. The first kappa shape index (κ1) is 20.6. The standard InChI is InChI=1S/C23H37N5O/c1-24-23(25-10-11-28(22-8-9-22)17-19-6-7-19)26-16-20-4-2-3-5-21(20)18-27-12-14-29-15-13-27/h2-5,19,22H,6-18H2,1H3,(H2,24,25,26). The Bertz CT molecular complexity index is 665. The van der Waals surface area contributed by atoms with Crippen LogP contribution in [0.15, 0.2) is 29.3 Å². The fraction of sp³-hybridized carbons (Fsp3) is 0.696. The van der Waals surface area contributed by atoms with Gasteiger partial charge in [0, 0.05) is 58.9 Å². The maximum absolute atomic E-state index is 5.48. The van der Waals surface area contributed by atoms with Gasteiger partial charge in [0.15, 0.2) is 5.96 Å². The minimum Gasteiger partial charge on any atom is -0.379 e. The van der Waals surface area contributed by atoms with Crippen molar-refractivity contribution >= 4 is 5.96 Å². The summed E-state index contributed by atoms with van der Waals surface area (Å²) < 4.78 is 5.48. The Morgan fingerprint density at radius 2 is 1.86 bits per heavy atom. The highest BCUT2D eigenvalue weighted by Gasteiger charge is 2.33. The van der Waals surface area contributed by atoms with Crippen LogP contribution in [-0.4, -0.2) is 74.8 Å². The number of hydrogen-bond acceptors (Lipinski definition) is 4. The van der Waals surface area contributed by atoms with E-state index in [4.69, 9.17) is 4.74 Å². The predicted molar refractivity (Wildman–Crippen MR) is 118 cm³/mol. The van der Waals surface area contributed by atoms with Crippen LogP contribution in [0.4, 0.5) is 0 Å². The third-order valence-corrected chi connectivity index (χ3v) is 6.23. The summed E-state index contributed by atoms with van der Waals surface area (Å²) in [7, 11) is 1.86. The van der Waals surface area contributed by atoms with E-state index in [1.807, 2.05) is 7.05 Å². The highest BCUT2D eigenvalue weighted by atomic mass is 16.5. The molecule has 0 amide bonds. The molecule has 3 fully saturated rings. The van der Waals surface area contributed by atoms with Crippen LogP contribution in [0.1, 0.15) is 36.8 Å². The van der Waals surface area contributed by atoms with Gasteiger partial charge in [-0.1, -0.05) is 24.3 Å². The van der Waals surface area contributed by atoms with Crippen LogP contribution < -0.4 is 10.6 Å². The minimum absolute atomic E-state index is 0.800. The molecule has 0 atom stereocenters. The summed E-state index contributed by atoms with van der Waals surface area (Å²) in [6.07, 6.45) is 5.65. The van der Waals surface area contributed by atoms with E-state index in [1.165, 1.54) is 43.4 Å². The number of aliphatic imine (C=N–C) groups is 1. The molecule has 1 aromatic rings. The number of ether oxygens (including phenoxy) is 1. The number of nitrogens with one attached hydrogen (secondary N) is 2. The Kier molecular flexibility index (Phi) is 7.41. The summed E-state index contributed by atoms with van der Waals surface area (Å²) in [5.41, 5.74) is 2.73. The summed E-state index contributed by atoms with van der Waals surface area (Å²) in [6, 6.07) is 9.58. The molecular weight excluding hydrogens is 362 g/mol. The molecule has 29 heavy (non-hydrogen) atoms. The molecule has 2 aliphatic carbocycles. The van der Waals surface area contributed by atoms with Gasteiger partial charge < -0.3 is 15.4 Å². The zero-order valence-electron chi connectivity index (χ0n) is 17.9. The van der Waals surface area contributed by atoms with Gasteiger partial charge in [-0.3, -0.25) is 14.8 Å². The van der Waals surface area contributed by atoms with Crippen LogP contribution in [-0.2, 0) is 17.8 Å². The van der Waals surface area contributed by atoms with Crippen molar-refractivity contribution in [3.63, 3.8) is 0 Å². The van der Waals surface area contributed by atoms with Crippen LogP contribution in [0.5, 0.6) is 0 Å². The van der Waals surface area contributed by atoms with Crippen molar-refractivity contribution in [2.75, 3.05) is 53.0 Å². The molecule has 4 rings (SSSR count). The van der Waals surface area contributed by atoms with Gasteiger partial charge in [0.25, 0.3) is 0 Å². The second-order valence-corrected chi connectivity index (χ2v) is 8.68. The predicted octanol–water partition coefficient (Wildman–Crippen LogP) is 2.06. The fourth-order valence-electron chi connectivity index (χ4n) is 4.10. The van der Waals surface area contributed by atoms with E-state index in [1.54, 1.807) is 0 Å². The first-order chi connectivity index (χ1) is 14.3. The zero-order valence-corrected chi connectivity index (χ0v) is 17.9. The van der Waals surface area contributed by atoms with E-state index in [0.717, 1.165) is 70.4 Å². The second kappa shape index (κ2) is 10.4. The molecule has 0 bridgehead atoms. The van der Waals surface area contributed by atoms with E-state index in [2.05, 4.69) is 49.7 Å². The quantitative estimate of drug-likeness (QED) is 0.466. The summed E-state index contributed by atoms with van der Waals surface area (Å²) >= 11 is 0. The molecule has 0 spiro atoms. The molecule has 3 aliphatic rings. The van der Waals surface area contributed by atoms with Crippen molar-refractivity contribution in [1.29, 1.82) is 0 Å². The fourth-order valence-corrected chi connectivity index (χ4v) is 4.10. The number of guanidine groups is 1. The van der Waals surface area contributed by atoms with Crippen LogP contribution in [0.3, 0.4) is 0 Å². The van der Waals surface area contributed by atoms with E-state index < -0.39 is 0 Å². The van der Waals surface area contributed by atoms with Crippen molar-refractivity contribution in [2.45, 2.75) is 44.8 Å². The SMILES string of the molecule is CN=C(NCCN(CC1CC1)C1CC1)NCc1ccccc1CN1CCOCC1. The molecule has 0 radical (unpaired) electrons. The number of rotatable bonds is 10. The van der Waals surface area contributed by atoms with Crippen molar-refractivity contribution in [3.8, 4) is 0 Å². The largest absolute Gasteiger partial charge is 0.379 e. The molecule has 1 saturated heterocycles. The van der Waals surface area contributed by atoms with Crippen LogP contribution in [0.25, 0.3) is 0 Å². The van der Waals surface area contributed by atoms with Crippen LogP contribution in [0, 0.1) is 5.92 Å². The van der Waals surface area contributed by atoms with Gasteiger partial charge in [-0.2, -0.15) is 0 Å². The molecule has 1 heterocycles. The summed E-state index contributed by atoms with van der Waals surface area (Å²) in [5.74, 6) is 1.87. The van der Waals surface area contributed by atoms with E-state index >= 15 is 0 Å². The van der Waals surface area contributed by atoms with Gasteiger partial charge in [0.05, 0.1) is 13.2 Å². The maximum Gasteiger partial charge on any atom is 0.191 e. The van der Waals surface area contributed by atoms with Gasteiger partial charge >= 0.3 is 0 Å². The lowest BCUT2D eigenvalue weighted by Crippen LogP contribution is -2.42. The molecule has 1 aromatic carbocycles. The van der Waals surface area contributed by atoms with Crippen LogP contribution in [0.2, 0.25) is 0 Å². The third kappa shape index (κ3) is 6.69.